The molecule has 3 aromatic rings. The number of piperidine rings is 1. The maximum absolute atomic E-state index is 12.9. The van der Waals surface area contributed by atoms with E-state index in [-0.39, 0.29) is 17.9 Å². The van der Waals surface area contributed by atoms with Crippen LogP contribution in [-0.4, -0.2) is 54.6 Å². The van der Waals surface area contributed by atoms with Crippen molar-refractivity contribution in [3.8, 4) is 17.2 Å². The molecule has 1 saturated heterocycles. The Morgan fingerprint density at radius 3 is 2.03 bits per heavy atom. The van der Waals surface area contributed by atoms with E-state index in [1.807, 2.05) is 58.3 Å². The van der Waals surface area contributed by atoms with Crippen molar-refractivity contribution in [3.63, 3.8) is 0 Å². The van der Waals surface area contributed by atoms with Gasteiger partial charge in [0.2, 0.25) is 0 Å². The van der Waals surface area contributed by atoms with Crippen molar-refractivity contribution < 1.29 is 19.1 Å². The molecule has 4 rings (SSSR count). The van der Waals surface area contributed by atoms with E-state index in [9.17, 15) is 9.59 Å². The van der Waals surface area contributed by atoms with Gasteiger partial charge >= 0.3 is 0 Å². The number of benzene rings is 2. The Balaban J connectivity index is 1.33. The van der Waals surface area contributed by atoms with E-state index in [0.717, 1.165) is 5.69 Å². The molecule has 32 heavy (non-hydrogen) atoms. The van der Waals surface area contributed by atoms with Gasteiger partial charge in [-0.2, -0.15) is 0 Å². The minimum absolute atomic E-state index is 0.0375. The van der Waals surface area contributed by atoms with Crippen LogP contribution < -0.4 is 14.8 Å². The highest BCUT2D eigenvalue weighted by molar-refractivity contribution is 5.96. The van der Waals surface area contributed by atoms with E-state index in [0.29, 0.717) is 48.6 Å². The summed E-state index contributed by atoms with van der Waals surface area (Å²) in [5.41, 5.74) is 2.17. The van der Waals surface area contributed by atoms with Crippen molar-refractivity contribution in [2.24, 2.45) is 0 Å². The quantitative estimate of drug-likeness (QED) is 0.646. The van der Waals surface area contributed by atoms with E-state index in [2.05, 4.69) is 5.32 Å². The van der Waals surface area contributed by atoms with Crippen LogP contribution in [0.25, 0.3) is 5.69 Å². The third-order valence-corrected chi connectivity index (χ3v) is 5.75. The maximum Gasteiger partial charge on any atom is 0.254 e. The highest BCUT2D eigenvalue weighted by atomic mass is 16.5. The van der Waals surface area contributed by atoms with Gasteiger partial charge in [0.15, 0.2) is 0 Å². The Hall–Kier alpha value is -3.74. The van der Waals surface area contributed by atoms with E-state index in [1.54, 1.807) is 32.4 Å². The van der Waals surface area contributed by atoms with Crippen LogP contribution in [0.2, 0.25) is 0 Å². The lowest BCUT2D eigenvalue weighted by Gasteiger charge is -2.32. The second-order valence-corrected chi connectivity index (χ2v) is 7.78. The monoisotopic (exact) mass is 433 g/mol. The van der Waals surface area contributed by atoms with Crippen molar-refractivity contribution >= 4 is 11.8 Å². The molecule has 0 aliphatic carbocycles. The Morgan fingerprint density at radius 1 is 0.875 bits per heavy atom. The Labute approximate surface area is 187 Å². The Bertz CT molecular complexity index is 1050. The molecule has 1 aliphatic heterocycles. The summed E-state index contributed by atoms with van der Waals surface area (Å²) in [4.78, 5) is 27.4. The molecule has 0 bridgehead atoms. The third-order valence-electron chi connectivity index (χ3n) is 5.75. The van der Waals surface area contributed by atoms with Crippen molar-refractivity contribution in [2.45, 2.75) is 18.9 Å². The predicted octanol–water partition coefficient (Wildman–Crippen LogP) is 3.53. The molecule has 1 aliphatic rings. The van der Waals surface area contributed by atoms with Gasteiger partial charge in [0.1, 0.15) is 11.5 Å². The summed E-state index contributed by atoms with van der Waals surface area (Å²) in [6, 6.07) is 16.7. The summed E-state index contributed by atoms with van der Waals surface area (Å²) in [5.74, 6) is 1.01. The fraction of sp³-hybridized carbons (Fsp3) is 0.280. The van der Waals surface area contributed by atoms with E-state index in [4.69, 9.17) is 9.47 Å². The Morgan fingerprint density at radius 2 is 1.47 bits per heavy atom. The van der Waals surface area contributed by atoms with Gasteiger partial charge in [0.05, 0.1) is 14.2 Å². The molecule has 0 saturated carbocycles. The largest absolute Gasteiger partial charge is 0.497 e. The molecule has 1 N–H and O–H groups in total. The summed E-state index contributed by atoms with van der Waals surface area (Å²) >= 11 is 0. The van der Waals surface area contributed by atoms with Gasteiger partial charge in [-0.3, -0.25) is 9.59 Å². The highest BCUT2D eigenvalue weighted by Crippen LogP contribution is 2.24. The van der Waals surface area contributed by atoms with Gasteiger partial charge in [-0.1, -0.05) is 0 Å². The van der Waals surface area contributed by atoms with Crippen LogP contribution in [0.15, 0.2) is 67.0 Å². The molecule has 0 radical (unpaired) electrons. The predicted molar refractivity (Wildman–Crippen MR) is 122 cm³/mol. The number of nitrogens with zero attached hydrogens (tertiary/aromatic N) is 2. The SMILES string of the molecule is COc1cc(OC)cc(C(=O)N2CCC(NC(=O)c3ccc(-n4cccc4)cc3)CC2)c1. The third kappa shape index (κ3) is 4.77. The molecule has 0 atom stereocenters. The number of rotatable bonds is 6. The number of hydrogen-bond acceptors (Lipinski definition) is 4. The first-order chi connectivity index (χ1) is 15.6. The molecule has 1 fully saturated rings. The zero-order valence-corrected chi connectivity index (χ0v) is 18.3. The lowest BCUT2D eigenvalue weighted by Crippen LogP contribution is -2.46. The molecule has 2 heterocycles. The number of methoxy groups -OCH3 is 2. The first kappa shape index (κ1) is 21.5. The van der Waals surface area contributed by atoms with Gasteiger partial charge in [0, 0.05) is 54.4 Å². The number of nitrogens with one attached hydrogen (secondary N) is 1. The van der Waals surface area contributed by atoms with Gasteiger partial charge in [0.25, 0.3) is 11.8 Å². The topological polar surface area (TPSA) is 72.8 Å². The zero-order chi connectivity index (χ0) is 22.5. The smallest absolute Gasteiger partial charge is 0.254 e. The summed E-state index contributed by atoms with van der Waals surface area (Å²) in [7, 11) is 3.12. The minimum atomic E-state index is -0.0913. The normalized spacial score (nSPS) is 14.1. The first-order valence-electron chi connectivity index (χ1n) is 10.6. The maximum atomic E-state index is 12.9. The van der Waals surface area contributed by atoms with E-state index >= 15 is 0 Å². The number of carbonyl (C=O) groups is 2. The molecule has 166 valence electrons. The number of amides is 2. The summed E-state index contributed by atoms with van der Waals surface area (Å²) < 4.78 is 12.5. The van der Waals surface area contributed by atoms with Gasteiger partial charge in [-0.05, 0) is 61.4 Å². The lowest BCUT2D eigenvalue weighted by atomic mass is 10.0. The fourth-order valence-electron chi connectivity index (χ4n) is 3.90. The van der Waals surface area contributed by atoms with Crippen LogP contribution in [0.4, 0.5) is 0 Å². The van der Waals surface area contributed by atoms with Crippen LogP contribution in [-0.2, 0) is 0 Å². The van der Waals surface area contributed by atoms with Crippen LogP contribution in [0.5, 0.6) is 11.5 Å². The fourth-order valence-corrected chi connectivity index (χ4v) is 3.90. The Kier molecular flexibility index (Phi) is 6.44. The summed E-state index contributed by atoms with van der Waals surface area (Å²) in [5, 5.41) is 3.10. The second-order valence-electron chi connectivity index (χ2n) is 7.78. The molecule has 1 aromatic heterocycles. The summed E-state index contributed by atoms with van der Waals surface area (Å²) in [6.45, 7) is 1.16. The number of ether oxygens (including phenoxy) is 2. The van der Waals surface area contributed by atoms with Crippen LogP contribution in [0, 0.1) is 0 Å². The van der Waals surface area contributed by atoms with Crippen LogP contribution in [0.1, 0.15) is 33.6 Å². The molecule has 0 spiro atoms. The standard InChI is InChI=1S/C25H27N3O4/c1-31-22-15-19(16-23(17-22)32-2)25(30)28-13-9-20(10-14-28)26-24(29)18-5-7-21(8-6-18)27-11-3-4-12-27/h3-8,11-12,15-17,20H,9-10,13-14H2,1-2H3,(H,26,29). The van der Waals surface area contributed by atoms with Crippen LogP contribution >= 0.6 is 0 Å². The molecule has 0 unspecified atom stereocenters. The van der Waals surface area contributed by atoms with Gasteiger partial charge < -0.3 is 24.3 Å². The van der Waals surface area contributed by atoms with Crippen molar-refractivity contribution in [1.29, 1.82) is 0 Å². The zero-order valence-electron chi connectivity index (χ0n) is 18.3. The molecule has 2 aromatic carbocycles. The molecule has 7 nitrogen and oxygen atoms in total. The average molecular weight is 434 g/mol. The second kappa shape index (κ2) is 9.60. The molecule has 2 amide bonds. The average Bonchev–Trinajstić information content (AvgIpc) is 3.39. The van der Waals surface area contributed by atoms with Crippen molar-refractivity contribution in [1.82, 2.24) is 14.8 Å². The lowest BCUT2D eigenvalue weighted by molar-refractivity contribution is 0.0697. The number of hydrogen-bond donors (Lipinski definition) is 1. The number of likely N-dealkylation sites (tertiary alicyclic amines) is 1. The molecular weight excluding hydrogens is 406 g/mol. The van der Waals surface area contributed by atoms with Crippen molar-refractivity contribution in [3.05, 3.63) is 78.1 Å². The molecular formula is C25H27N3O4. The van der Waals surface area contributed by atoms with Crippen molar-refractivity contribution in [2.75, 3.05) is 27.3 Å². The van der Waals surface area contributed by atoms with Gasteiger partial charge in [-0.15, -0.1) is 0 Å². The van der Waals surface area contributed by atoms with Crippen LogP contribution in [0.3, 0.4) is 0 Å². The minimum Gasteiger partial charge on any atom is -0.497 e. The van der Waals surface area contributed by atoms with E-state index in [1.165, 1.54) is 0 Å². The highest BCUT2D eigenvalue weighted by Gasteiger charge is 2.25. The van der Waals surface area contributed by atoms with E-state index < -0.39 is 0 Å². The summed E-state index contributed by atoms with van der Waals surface area (Å²) in [6.07, 6.45) is 5.34. The molecule has 7 heteroatoms. The number of aromatic nitrogens is 1. The van der Waals surface area contributed by atoms with Gasteiger partial charge in [-0.25, -0.2) is 0 Å². The number of carbonyl (C=O) groups excluding carboxylic acids is 2. The first-order valence-corrected chi connectivity index (χ1v) is 10.6.